The molecule has 2 N–H and O–H groups in total. The van der Waals surface area contributed by atoms with Crippen LogP contribution in [-0.4, -0.2) is 28.9 Å². The second-order valence-corrected chi connectivity index (χ2v) is 7.70. The predicted octanol–water partition coefficient (Wildman–Crippen LogP) is 5.66. The number of anilines is 1. The Morgan fingerprint density at radius 2 is 1.89 bits per heavy atom. The molecule has 9 heteroatoms. The molecule has 2 aromatic rings. The fraction of sp³-hybridized carbons (Fsp3) is 0.389. The van der Waals surface area contributed by atoms with Crippen LogP contribution in [0.1, 0.15) is 40.2 Å². The molecule has 0 unspecified atom stereocenters. The van der Waals surface area contributed by atoms with Gasteiger partial charge in [-0.05, 0) is 56.8 Å². The van der Waals surface area contributed by atoms with Crippen molar-refractivity contribution in [1.29, 1.82) is 0 Å². The Hall–Kier alpha value is -1.80. The normalized spacial score (nSPS) is 14.7. The maximum absolute atomic E-state index is 12.8. The first-order valence-electron chi connectivity index (χ1n) is 8.46. The number of benzene rings is 1. The van der Waals surface area contributed by atoms with Gasteiger partial charge in [-0.2, -0.15) is 13.2 Å². The van der Waals surface area contributed by atoms with Crippen molar-refractivity contribution in [3.63, 3.8) is 0 Å². The van der Waals surface area contributed by atoms with Crippen molar-refractivity contribution in [2.24, 2.45) is 0 Å². The highest BCUT2D eigenvalue weighted by Gasteiger charge is 2.33. The smallest absolute Gasteiger partial charge is 0.361 e. The van der Waals surface area contributed by atoms with E-state index in [9.17, 15) is 18.0 Å². The minimum absolute atomic E-state index is 0.0240. The molecule has 1 aliphatic heterocycles. The lowest BCUT2D eigenvalue weighted by Crippen LogP contribution is -2.28. The zero-order valence-electron chi connectivity index (χ0n) is 14.8. The Kier molecular flexibility index (Phi) is 5.67. The number of nitrogens with one attached hydrogen (secondary N) is 2. The Labute approximate surface area is 164 Å². The van der Waals surface area contributed by atoms with Gasteiger partial charge in [0.15, 0.2) is 0 Å². The molecule has 0 radical (unpaired) electrons. The van der Waals surface area contributed by atoms with Crippen molar-refractivity contribution < 1.29 is 18.0 Å². The number of amides is 1. The Morgan fingerprint density at radius 3 is 2.48 bits per heavy atom. The summed E-state index contributed by atoms with van der Waals surface area (Å²) in [5, 5.41) is -0.372. The van der Waals surface area contributed by atoms with Gasteiger partial charge in [0.1, 0.15) is 0 Å². The number of carbonyl (C=O) groups excluding carboxylic acids is 1. The minimum atomic E-state index is -4.49. The molecule has 1 aliphatic rings. The first kappa shape index (κ1) is 19.9. The van der Waals surface area contributed by atoms with E-state index in [1.807, 2.05) is 18.7 Å². The molecule has 146 valence electrons. The number of H-pyrrole nitrogens is 1. The third-order valence-corrected chi connectivity index (χ3v) is 5.84. The van der Waals surface area contributed by atoms with Gasteiger partial charge in [0.05, 0.1) is 21.0 Å². The summed E-state index contributed by atoms with van der Waals surface area (Å²) in [4.78, 5) is 18.6. The van der Waals surface area contributed by atoms with Gasteiger partial charge in [0.2, 0.25) is 0 Å². The van der Waals surface area contributed by atoms with Crippen LogP contribution in [0.15, 0.2) is 23.1 Å². The Morgan fingerprint density at radius 1 is 1.22 bits per heavy atom. The Balaban J connectivity index is 1.80. The van der Waals surface area contributed by atoms with Crippen LogP contribution in [0.5, 0.6) is 0 Å². The fourth-order valence-corrected chi connectivity index (χ4v) is 4.32. The number of carbonyl (C=O) groups is 1. The van der Waals surface area contributed by atoms with Crippen molar-refractivity contribution in [3.05, 3.63) is 45.7 Å². The molecule has 1 aromatic carbocycles. The number of aromatic amines is 1. The number of aromatic nitrogens is 1. The van der Waals surface area contributed by atoms with E-state index < -0.39 is 11.7 Å². The van der Waals surface area contributed by atoms with Gasteiger partial charge in [-0.25, -0.2) is 0 Å². The molecule has 0 bridgehead atoms. The maximum Gasteiger partial charge on any atom is 0.417 e. The highest BCUT2D eigenvalue weighted by atomic mass is 35.5. The topological polar surface area (TPSA) is 48.1 Å². The van der Waals surface area contributed by atoms with Crippen LogP contribution in [0.3, 0.4) is 0 Å². The second kappa shape index (κ2) is 7.67. The van der Waals surface area contributed by atoms with Gasteiger partial charge < -0.3 is 14.6 Å². The zero-order chi connectivity index (χ0) is 19.8. The average molecular weight is 418 g/mol. The van der Waals surface area contributed by atoms with E-state index in [-0.39, 0.29) is 10.9 Å². The lowest BCUT2D eigenvalue weighted by Gasteiger charge is -2.17. The molecule has 27 heavy (non-hydrogen) atoms. The number of hydrogen-bond donors (Lipinski definition) is 2. The van der Waals surface area contributed by atoms with Crippen molar-refractivity contribution in [2.45, 2.75) is 37.8 Å². The highest BCUT2D eigenvalue weighted by Crippen LogP contribution is 2.37. The van der Waals surface area contributed by atoms with E-state index in [2.05, 4.69) is 9.71 Å². The van der Waals surface area contributed by atoms with Gasteiger partial charge in [-0.1, -0.05) is 11.6 Å². The van der Waals surface area contributed by atoms with Crippen LogP contribution in [0.2, 0.25) is 5.02 Å². The van der Waals surface area contributed by atoms with E-state index in [1.165, 1.54) is 24.1 Å². The molecular weight excluding hydrogens is 399 g/mol. The van der Waals surface area contributed by atoms with Crippen molar-refractivity contribution in [2.75, 3.05) is 17.8 Å². The van der Waals surface area contributed by atoms with E-state index in [0.717, 1.165) is 48.3 Å². The molecule has 4 nitrogen and oxygen atoms in total. The summed E-state index contributed by atoms with van der Waals surface area (Å²) in [5.74, 6) is -0.0240. The third kappa shape index (κ3) is 4.21. The number of halogens is 4. The molecule has 0 aliphatic carbocycles. The van der Waals surface area contributed by atoms with Crippen molar-refractivity contribution in [3.8, 4) is 0 Å². The summed E-state index contributed by atoms with van der Waals surface area (Å²) in [5.41, 5.74) is 1.75. The molecule has 1 amide bonds. The SMILES string of the molecule is Cc1[nH]c(C)c(C(=O)N2CCCC2)c1SNc1ccc(C(F)(F)F)c(Cl)c1. The van der Waals surface area contributed by atoms with Gasteiger partial charge in [-0.15, -0.1) is 0 Å². The summed E-state index contributed by atoms with van der Waals surface area (Å²) in [6.45, 7) is 5.19. The van der Waals surface area contributed by atoms with Crippen molar-refractivity contribution >= 4 is 35.1 Å². The number of rotatable bonds is 4. The molecule has 1 aromatic heterocycles. The van der Waals surface area contributed by atoms with Crippen molar-refractivity contribution in [1.82, 2.24) is 9.88 Å². The van der Waals surface area contributed by atoms with Gasteiger partial charge >= 0.3 is 6.18 Å². The molecule has 2 heterocycles. The largest absolute Gasteiger partial charge is 0.417 e. The minimum Gasteiger partial charge on any atom is -0.361 e. The monoisotopic (exact) mass is 417 g/mol. The van der Waals surface area contributed by atoms with Crippen LogP contribution < -0.4 is 4.72 Å². The summed E-state index contributed by atoms with van der Waals surface area (Å²) in [6.07, 6.45) is -2.50. The first-order valence-corrected chi connectivity index (χ1v) is 9.66. The fourth-order valence-electron chi connectivity index (χ4n) is 3.14. The van der Waals surface area contributed by atoms with Crippen LogP contribution in [0, 0.1) is 13.8 Å². The standard InChI is InChI=1S/C18H19ClF3N3OS/c1-10-15(17(26)25-7-3-4-8-25)16(11(2)23-10)27-24-12-5-6-13(14(19)9-12)18(20,21)22/h5-6,9,23-24H,3-4,7-8H2,1-2H3. The van der Waals surface area contributed by atoms with Gasteiger partial charge in [0.25, 0.3) is 5.91 Å². The molecular formula is C18H19ClF3N3OS. The quantitative estimate of drug-likeness (QED) is 0.631. The second-order valence-electron chi connectivity index (χ2n) is 6.47. The molecule has 1 saturated heterocycles. The summed E-state index contributed by atoms with van der Waals surface area (Å²) in [6, 6.07) is 3.49. The first-order chi connectivity index (χ1) is 12.7. The van der Waals surface area contributed by atoms with E-state index in [4.69, 9.17) is 11.6 Å². The maximum atomic E-state index is 12.8. The number of aryl methyl sites for hydroxylation is 2. The molecule has 0 atom stereocenters. The van der Waals surface area contributed by atoms with Crippen LogP contribution >= 0.6 is 23.5 Å². The molecule has 0 saturated carbocycles. The zero-order valence-corrected chi connectivity index (χ0v) is 16.4. The number of nitrogens with zero attached hydrogens (tertiary/aromatic N) is 1. The highest BCUT2D eigenvalue weighted by molar-refractivity contribution is 8.00. The van der Waals surface area contributed by atoms with Crippen LogP contribution in [0.4, 0.5) is 18.9 Å². The predicted molar refractivity (Wildman–Crippen MR) is 101 cm³/mol. The van der Waals surface area contributed by atoms with E-state index in [1.54, 1.807) is 0 Å². The summed E-state index contributed by atoms with van der Waals surface area (Å²) >= 11 is 6.95. The lowest BCUT2D eigenvalue weighted by molar-refractivity contribution is -0.137. The molecule has 1 fully saturated rings. The average Bonchev–Trinajstić information content (AvgIpc) is 3.19. The number of hydrogen-bond acceptors (Lipinski definition) is 3. The Bertz CT molecular complexity index is 860. The number of alkyl halides is 3. The van der Waals surface area contributed by atoms with Gasteiger partial charge in [0, 0.05) is 30.2 Å². The third-order valence-electron chi connectivity index (χ3n) is 4.47. The molecule has 0 spiro atoms. The van der Waals surface area contributed by atoms with E-state index >= 15 is 0 Å². The number of likely N-dealkylation sites (tertiary alicyclic amines) is 1. The van der Waals surface area contributed by atoms with Gasteiger partial charge in [-0.3, -0.25) is 4.79 Å². The van der Waals surface area contributed by atoms with Crippen LogP contribution in [-0.2, 0) is 6.18 Å². The summed E-state index contributed by atoms with van der Waals surface area (Å²) < 4.78 is 41.5. The lowest BCUT2D eigenvalue weighted by atomic mass is 10.2. The van der Waals surface area contributed by atoms with Crippen LogP contribution in [0.25, 0.3) is 0 Å². The van der Waals surface area contributed by atoms with E-state index in [0.29, 0.717) is 11.3 Å². The summed E-state index contributed by atoms with van der Waals surface area (Å²) in [7, 11) is 0. The molecule has 3 rings (SSSR count).